The summed E-state index contributed by atoms with van der Waals surface area (Å²) >= 11 is 0. The van der Waals surface area contributed by atoms with Crippen molar-refractivity contribution in [1.29, 1.82) is 0 Å². The molecule has 1 saturated carbocycles. The molecule has 2 N–H and O–H groups in total. The number of aliphatic hydroxyl groups is 1. The van der Waals surface area contributed by atoms with Gasteiger partial charge in [0.1, 0.15) is 6.04 Å². The molecule has 4 heteroatoms. The minimum Gasteiger partial charge on any atom is -0.465 e. The maximum atomic E-state index is 11.6. The van der Waals surface area contributed by atoms with Gasteiger partial charge in [-0.3, -0.25) is 4.79 Å². The minimum atomic E-state index is -0.199. The van der Waals surface area contributed by atoms with Crippen molar-refractivity contribution in [1.82, 2.24) is 5.32 Å². The van der Waals surface area contributed by atoms with Gasteiger partial charge in [-0.2, -0.15) is 0 Å². The van der Waals surface area contributed by atoms with Crippen LogP contribution in [-0.2, 0) is 9.53 Å². The summed E-state index contributed by atoms with van der Waals surface area (Å²) in [6, 6.07) is -0.199. The standard InChI is InChI=1S/C13H25NO3/c1-3-12(13(16)17-4-2)14-8-10-6-5-7-11(10)9-15/h10-12,14-15H,3-9H2,1-2H3. The molecule has 17 heavy (non-hydrogen) atoms. The molecule has 0 heterocycles. The first kappa shape index (κ1) is 14.5. The predicted octanol–water partition coefficient (Wildman–Crippen LogP) is 1.33. The molecule has 0 saturated heterocycles. The average molecular weight is 243 g/mol. The molecule has 4 nitrogen and oxygen atoms in total. The van der Waals surface area contributed by atoms with E-state index in [0.717, 1.165) is 25.8 Å². The van der Waals surface area contributed by atoms with Crippen molar-refractivity contribution in [2.24, 2.45) is 11.8 Å². The molecule has 0 aromatic carbocycles. The second-order valence-corrected chi connectivity index (χ2v) is 4.75. The van der Waals surface area contributed by atoms with Crippen molar-refractivity contribution in [2.75, 3.05) is 19.8 Å². The summed E-state index contributed by atoms with van der Waals surface area (Å²) in [5, 5.41) is 12.5. The van der Waals surface area contributed by atoms with Crippen LogP contribution in [0.5, 0.6) is 0 Å². The number of aliphatic hydroxyl groups excluding tert-OH is 1. The van der Waals surface area contributed by atoms with Crippen molar-refractivity contribution in [3.8, 4) is 0 Å². The van der Waals surface area contributed by atoms with Gasteiger partial charge in [0.2, 0.25) is 0 Å². The second kappa shape index (κ2) is 7.67. The molecule has 0 spiro atoms. The lowest BCUT2D eigenvalue weighted by Gasteiger charge is -2.21. The number of rotatable bonds is 7. The minimum absolute atomic E-state index is 0.159. The van der Waals surface area contributed by atoms with Gasteiger partial charge in [0.05, 0.1) is 6.61 Å². The van der Waals surface area contributed by atoms with E-state index in [2.05, 4.69) is 5.32 Å². The van der Waals surface area contributed by atoms with Crippen molar-refractivity contribution < 1.29 is 14.6 Å². The highest BCUT2D eigenvalue weighted by molar-refractivity contribution is 5.75. The van der Waals surface area contributed by atoms with E-state index in [-0.39, 0.29) is 18.6 Å². The molecule has 1 aliphatic rings. The zero-order chi connectivity index (χ0) is 12.7. The van der Waals surface area contributed by atoms with Gasteiger partial charge in [-0.05, 0) is 44.6 Å². The van der Waals surface area contributed by atoms with E-state index < -0.39 is 0 Å². The van der Waals surface area contributed by atoms with E-state index in [1.54, 1.807) is 0 Å². The fraction of sp³-hybridized carbons (Fsp3) is 0.923. The molecule has 3 unspecified atom stereocenters. The van der Waals surface area contributed by atoms with Crippen LogP contribution in [0.4, 0.5) is 0 Å². The van der Waals surface area contributed by atoms with Crippen molar-refractivity contribution in [2.45, 2.75) is 45.6 Å². The van der Waals surface area contributed by atoms with E-state index in [9.17, 15) is 9.90 Å². The number of hydrogen-bond donors (Lipinski definition) is 2. The van der Waals surface area contributed by atoms with E-state index in [4.69, 9.17) is 4.74 Å². The van der Waals surface area contributed by atoms with E-state index in [1.165, 1.54) is 6.42 Å². The normalized spacial score (nSPS) is 25.8. The monoisotopic (exact) mass is 243 g/mol. The highest BCUT2D eigenvalue weighted by atomic mass is 16.5. The zero-order valence-corrected chi connectivity index (χ0v) is 10.9. The molecule has 0 aromatic rings. The number of nitrogens with one attached hydrogen (secondary N) is 1. The highest BCUT2D eigenvalue weighted by Gasteiger charge is 2.27. The Balaban J connectivity index is 2.34. The van der Waals surface area contributed by atoms with Gasteiger partial charge in [0, 0.05) is 6.61 Å². The van der Waals surface area contributed by atoms with E-state index >= 15 is 0 Å². The van der Waals surface area contributed by atoms with Crippen molar-refractivity contribution in [3.63, 3.8) is 0 Å². The Morgan fingerprint density at radius 2 is 2.12 bits per heavy atom. The van der Waals surface area contributed by atoms with Crippen LogP contribution in [0.15, 0.2) is 0 Å². The molecular weight excluding hydrogens is 218 g/mol. The molecule has 3 atom stereocenters. The Hall–Kier alpha value is -0.610. The Kier molecular flexibility index (Phi) is 6.52. The molecule has 0 bridgehead atoms. The van der Waals surface area contributed by atoms with Crippen LogP contribution < -0.4 is 5.32 Å². The molecule has 1 fully saturated rings. The maximum absolute atomic E-state index is 11.6. The van der Waals surface area contributed by atoms with Crippen molar-refractivity contribution in [3.05, 3.63) is 0 Å². The van der Waals surface area contributed by atoms with Gasteiger partial charge >= 0.3 is 5.97 Å². The Labute approximate surface area is 104 Å². The van der Waals surface area contributed by atoms with Gasteiger partial charge in [0.15, 0.2) is 0 Å². The fourth-order valence-electron chi connectivity index (χ4n) is 2.55. The third kappa shape index (κ3) is 4.28. The topological polar surface area (TPSA) is 58.6 Å². The van der Waals surface area contributed by atoms with Crippen LogP contribution in [0.25, 0.3) is 0 Å². The quantitative estimate of drug-likeness (QED) is 0.662. The summed E-state index contributed by atoms with van der Waals surface area (Å²) in [5.41, 5.74) is 0. The lowest BCUT2D eigenvalue weighted by atomic mass is 9.96. The summed E-state index contributed by atoms with van der Waals surface area (Å²) in [6.07, 6.45) is 4.19. The summed E-state index contributed by atoms with van der Waals surface area (Å²) < 4.78 is 5.01. The summed E-state index contributed by atoms with van der Waals surface area (Å²) in [5.74, 6) is 0.749. The molecular formula is C13H25NO3. The fourth-order valence-corrected chi connectivity index (χ4v) is 2.55. The molecule has 1 aliphatic carbocycles. The number of carbonyl (C=O) groups excluding carboxylic acids is 1. The van der Waals surface area contributed by atoms with Crippen LogP contribution >= 0.6 is 0 Å². The van der Waals surface area contributed by atoms with Crippen molar-refractivity contribution >= 4 is 5.97 Å². The summed E-state index contributed by atoms with van der Waals surface area (Å²) in [6.45, 7) is 5.31. The van der Waals surface area contributed by atoms with Crippen LogP contribution in [0.3, 0.4) is 0 Å². The Bertz CT molecular complexity index is 233. The first-order chi connectivity index (χ1) is 8.22. The number of hydrogen-bond acceptors (Lipinski definition) is 4. The highest BCUT2D eigenvalue weighted by Crippen LogP contribution is 2.30. The first-order valence-electron chi connectivity index (χ1n) is 6.73. The summed E-state index contributed by atoms with van der Waals surface area (Å²) in [7, 11) is 0. The van der Waals surface area contributed by atoms with Gasteiger partial charge in [-0.25, -0.2) is 0 Å². The SMILES string of the molecule is CCOC(=O)C(CC)NCC1CCCC1CO. The first-order valence-corrected chi connectivity index (χ1v) is 6.73. The Morgan fingerprint density at radius 1 is 1.41 bits per heavy atom. The van der Waals surface area contributed by atoms with Crippen LogP contribution in [-0.4, -0.2) is 36.9 Å². The summed E-state index contributed by atoms with van der Waals surface area (Å²) in [4.78, 5) is 11.6. The number of ether oxygens (including phenoxy) is 1. The predicted molar refractivity (Wildman–Crippen MR) is 66.6 cm³/mol. The van der Waals surface area contributed by atoms with E-state index in [1.807, 2.05) is 13.8 Å². The molecule has 0 aliphatic heterocycles. The molecule has 0 amide bonds. The van der Waals surface area contributed by atoms with Crippen LogP contribution in [0.2, 0.25) is 0 Å². The molecule has 100 valence electrons. The molecule has 0 radical (unpaired) electrons. The van der Waals surface area contributed by atoms with Gasteiger partial charge < -0.3 is 15.2 Å². The smallest absolute Gasteiger partial charge is 0.323 e. The zero-order valence-electron chi connectivity index (χ0n) is 10.9. The molecule has 0 aromatic heterocycles. The molecule has 1 rings (SSSR count). The number of carbonyl (C=O) groups is 1. The average Bonchev–Trinajstić information content (AvgIpc) is 2.77. The van der Waals surface area contributed by atoms with Gasteiger partial charge in [-0.1, -0.05) is 13.3 Å². The lowest BCUT2D eigenvalue weighted by molar-refractivity contribution is -0.145. The Morgan fingerprint density at radius 3 is 2.71 bits per heavy atom. The maximum Gasteiger partial charge on any atom is 0.323 e. The van der Waals surface area contributed by atoms with Crippen LogP contribution in [0.1, 0.15) is 39.5 Å². The third-order valence-corrected chi connectivity index (χ3v) is 3.66. The van der Waals surface area contributed by atoms with E-state index in [0.29, 0.717) is 18.4 Å². The number of esters is 1. The second-order valence-electron chi connectivity index (χ2n) is 4.75. The van der Waals surface area contributed by atoms with Crippen LogP contribution in [0, 0.1) is 11.8 Å². The lowest BCUT2D eigenvalue weighted by Crippen LogP contribution is -2.41. The van der Waals surface area contributed by atoms with Gasteiger partial charge in [-0.15, -0.1) is 0 Å². The van der Waals surface area contributed by atoms with Gasteiger partial charge in [0.25, 0.3) is 0 Å². The third-order valence-electron chi connectivity index (χ3n) is 3.66. The largest absolute Gasteiger partial charge is 0.465 e.